The number of aryl methyl sites for hydroxylation is 1. The van der Waals surface area contributed by atoms with Crippen LogP contribution in [0.2, 0.25) is 0 Å². The molecule has 160 valence electrons. The molecule has 0 spiro atoms. The maximum Gasteiger partial charge on any atom is 0.263 e. The predicted molar refractivity (Wildman–Crippen MR) is 123 cm³/mol. The van der Waals surface area contributed by atoms with E-state index in [1.165, 1.54) is 28.0 Å². The molecule has 0 fully saturated rings. The van der Waals surface area contributed by atoms with Crippen LogP contribution >= 0.6 is 11.3 Å². The lowest BCUT2D eigenvalue weighted by Gasteiger charge is -2.29. The van der Waals surface area contributed by atoms with Crippen molar-refractivity contribution < 1.29 is 9.59 Å². The quantitative estimate of drug-likeness (QED) is 0.570. The summed E-state index contributed by atoms with van der Waals surface area (Å²) in [7, 11) is 0. The number of nitrogens with zero attached hydrogens (tertiary/aromatic N) is 2. The molecule has 2 heterocycles. The SMILES string of the molecule is Cc1nc(Cc2ccccc2)sc1C(=O)NCCCC(=O)N1CCc2ccccc2C1. The van der Waals surface area contributed by atoms with Crippen molar-refractivity contribution in [3.8, 4) is 0 Å². The fourth-order valence-electron chi connectivity index (χ4n) is 3.90. The van der Waals surface area contributed by atoms with Crippen LogP contribution in [0.3, 0.4) is 0 Å². The van der Waals surface area contributed by atoms with Crippen molar-refractivity contribution in [2.75, 3.05) is 13.1 Å². The van der Waals surface area contributed by atoms with Gasteiger partial charge in [-0.15, -0.1) is 11.3 Å². The number of rotatable bonds is 7. The molecule has 1 aliphatic heterocycles. The van der Waals surface area contributed by atoms with Crippen LogP contribution in [-0.2, 0) is 24.2 Å². The second-order valence-corrected chi connectivity index (χ2v) is 8.96. The Morgan fingerprint density at radius 2 is 1.81 bits per heavy atom. The highest BCUT2D eigenvalue weighted by Gasteiger charge is 2.20. The van der Waals surface area contributed by atoms with E-state index in [9.17, 15) is 9.59 Å². The van der Waals surface area contributed by atoms with Crippen LogP contribution in [0, 0.1) is 6.92 Å². The first kappa shape index (κ1) is 21.2. The van der Waals surface area contributed by atoms with Crippen molar-refractivity contribution in [2.45, 2.75) is 39.2 Å². The van der Waals surface area contributed by atoms with E-state index >= 15 is 0 Å². The third kappa shape index (κ3) is 5.39. The maximum absolute atomic E-state index is 12.6. The van der Waals surface area contributed by atoms with E-state index in [0.29, 0.717) is 30.8 Å². The van der Waals surface area contributed by atoms with E-state index in [1.807, 2.05) is 36.1 Å². The van der Waals surface area contributed by atoms with Crippen LogP contribution in [0.25, 0.3) is 0 Å². The number of thiazole rings is 1. The molecule has 1 aromatic heterocycles. The fourth-order valence-corrected chi connectivity index (χ4v) is 4.91. The Bertz CT molecular complexity index is 1060. The molecule has 4 rings (SSSR count). The summed E-state index contributed by atoms with van der Waals surface area (Å²) in [6.07, 6.45) is 2.72. The lowest BCUT2D eigenvalue weighted by atomic mass is 9.99. The van der Waals surface area contributed by atoms with E-state index in [1.54, 1.807) is 0 Å². The molecule has 0 saturated carbocycles. The van der Waals surface area contributed by atoms with E-state index in [0.717, 1.165) is 30.1 Å². The molecule has 0 unspecified atom stereocenters. The van der Waals surface area contributed by atoms with Crippen LogP contribution in [0.1, 0.15) is 49.9 Å². The molecule has 1 N–H and O–H groups in total. The molecule has 3 aromatic rings. The van der Waals surface area contributed by atoms with E-state index in [2.05, 4.69) is 40.6 Å². The van der Waals surface area contributed by atoms with Crippen LogP contribution < -0.4 is 5.32 Å². The summed E-state index contributed by atoms with van der Waals surface area (Å²) in [5, 5.41) is 3.89. The van der Waals surface area contributed by atoms with Crippen molar-refractivity contribution in [3.05, 3.63) is 86.9 Å². The Labute approximate surface area is 187 Å². The summed E-state index contributed by atoms with van der Waals surface area (Å²) < 4.78 is 0. The molecule has 2 amide bonds. The zero-order chi connectivity index (χ0) is 21.6. The van der Waals surface area contributed by atoms with Gasteiger partial charge in [0.2, 0.25) is 5.91 Å². The van der Waals surface area contributed by atoms with Gasteiger partial charge in [0.05, 0.1) is 10.7 Å². The summed E-state index contributed by atoms with van der Waals surface area (Å²) in [5.74, 6) is 0.0523. The van der Waals surface area contributed by atoms with E-state index in [4.69, 9.17) is 0 Å². The molecule has 0 saturated heterocycles. The molecule has 5 nitrogen and oxygen atoms in total. The Balaban J connectivity index is 1.23. The maximum atomic E-state index is 12.6. The summed E-state index contributed by atoms with van der Waals surface area (Å²) in [4.78, 5) is 32.3. The number of fused-ring (bicyclic) bond motifs is 1. The number of aromatic nitrogens is 1. The molecule has 1 aliphatic rings. The number of nitrogens with one attached hydrogen (secondary N) is 1. The molecule has 0 atom stereocenters. The van der Waals surface area contributed by atoms with Gasteiger partial charge in [-0.2, -0.15) is 0 Å². The third-order valence-corrected chi connectivity index (χ3v) is 6.74. The van der Waals surface area contributed by atoms with Gasteiger partial charge in [0.1, 0.15) is 4.88 Å². The Morgan fingerprint density at radius 1 is 1.06 bits per heavy atom. The fraction of sp³-hybridized carbons (Fsp3) is 0.320. The number of carbonyl (C=O) groups excluding carboxylic acids is 2. The number of amides is 2. The number of carbonyl (C=O) groups is 2. The second-order valence-electron chi connectivity index (χ2n) is 7.88. The van der Waals surface area contributed by atoms with Gasteiger partial charge in [0.15, 0.2) is 0 Å². The second kappa shape index (κ2) is 9.88. The number of benzene rings is 2. The summed E-state index contributed by atoms with van der Waals surface area (Å²) in [6.45, 7) is 3.82. The van der Waals surface area contributed by atoms with Crippen molar-refractivity contribution in [1.29, 1.82) is 0 Å². The molecule has 0 radical (unpaired) electrons. The highest BCUT2D eigenvalue weighted by molar-refractivity contribution is 7.13. The number of hydrogen-bond acceptors (Lipinski definition) is 4. The minimum absolute atomic E-state index is 0.103. The van der Waals surface area contributed by atoms with Crippen LogP contribution in [0.4, 0.5) is 0 Å². The monoisotopic (exact) mass is 433 g/mol. The van der Waals surface area contributed by atoms with Crippen LogP contribution in [0.15, 0.2) is 54.6 Å². The molecule has 0 aliphatic carbocycles. The van der Waals surface area contributed by atoms with Gasteiger partial charge < -0.3 is 10.2 Å². The summed E-state index contributed by atoms with van der Waals surface area (Å²) in [6, 6.07) is 18.4. The lowest BCUT2D eigenvalue weighted by molar-refractivity contribution is -0.132. The summed E-state index contributed by atoms with van der Waals surface area (Å²) >= 11 is 1.44. The Hall–Kier alpha value is -2.99. The van der Waals surface area contributed by atoms with E-state index < -0.39 is 0 Å². The zero-order valence-corrected chi connectivity index (χ0v) is 18.6. The first-order chi connectivity index (χ1) is 15.1. The highest BCUT2D eigenvalue weighted by Crippen LogP contribution is 2.21. The van der Waals surface area contributed by atoms with Crippen molar-refractivity contribution in [1.82, 2.24) is 15.2 Å². The molecule has 6 heteroatoms. The van der Waals surface area contributed by atoms with E-state index in [-0.39, 0.29) is 11.8 Å². The van der Waals surface area contributed by atoms with Gasteiger partial charge in [-0.1, -0.05) is 54.6 Å². The average Bonchev–Trinajstić information content (AvgIpc) is 3.16. The lowest BCUT2D eigenvalue weighted by Crippen LogP contribution is -2.36. The molecule has 31 heavy (non-hydrogen) atoms. The van der Waals surface area contributed by atoms with Crippen molar-refractivity contribution >= 4 is 23.2 Å². The topological polar surface area (TPSA) is 62.3 Å². The van der Waals surface area contributed by atoms with Crippen molar-refractivity contribution in [2.24, 2.45) is 0 Å². The average molecular weight is 434 g/mol. The highest BCUT2D eigenvalue weighted by atomic mass is 32.1. The van der Waals surface area contributed by atoms with Gasteiger partial charge in [0.25, 0.3) is 5.91 Å². The van der Waals surface area contributed by atoms with Gasteiger partial charge in [0, 0.05) is 32.5 Å². The third-order valence-electron chi connectivity index (χ3n) is 5.58. The minimum Gasteiger partial charge on any atom is -0.351 e. The smallest absolute Gasteiger partial charge is 0.263 e. The molecular formula is C25H27N3O2S. The molecule has 2 aromatic carbocycles. The Morgan fingerprint density at radius 3 is 2.61 bits per heavy atom. The summed E-state index contributed by atoms with van der Waals surface area (Å²) in [5.41, 5.74) is 4.52. The first-order valence-electron chi connectivity index (χ1n) is 10.7. The molecule has 0 bridgehead atoms. The van der Waals surface area contributed by atoms with Crippen molar-refractivity contribution in [3.63, 3.8) is 0 Å². The first-order valence-corrected chi connectivity index (χ1v) is 11.5. The van der Waals surface area contributed by atoms with Gasteiger partial charge >= 0.3 is 0 Å². The largest absolute Gasteiger partial charge is 0.351 e. The van der Waals surface area contributed by atoms with Crippen LogP contribution in [-0.4, -0.2) is 34.8 Å². The minimum atomic E-state index is -0.103. The van der Waals surface area contributed by atoms with Gasteiger partial charge in [-0.05, 0) is 36.5 Å². The number of hydrogen-bond donors (Lipinski definition) is 1. The Kier molecular flexibility index (Phi) is 6.77. The standard InChI is InChI=1S/C25H27N3O2S/c1-18-24(31-22(27-18)16-19-8-3-2-4-9-19)25(30)26-14-7-12-23(29)28-15-13-20-10-5-6-11-21(20)17-28/h2-6,8-11H,7,12-17H2,1H3,(H,26,30). The van der Waals surface area contributed by atoms with Gasteiger partial charge in [-0.3, -0.25) is 9.59 Å². The molecular weight excluding hydrogens is 406 g/mol. The van der Waals surface area contributed by atoms with Crippen LogP contribution in [0.5, 0.6) is 0 Å². The van der Waals surface area contributed by atoms with Gasteiger partial charge in [-0.25, -0.2) is 4.98 Å². The zero-order valence-electron chi connectivity index (χ0n) is 17.8. The normalized spacial score (nSPS) is 13.0. The predicted octanol–water partition coefficient (Wildman–Crippen LogP) is 4.14.